The minimum absolute atomic E-state index is 0.0523. The lowest BCUT2D eigenvalue weighted by molar-refractivity contribution is -0.910. The number of carbonyl (C=O) groups excluding carboxylic acids is 2. The second-order valence-corrected chi connectivity index (χ2v) is 9.81. The Morgan fingerprint density at radius 3 is 2.04 bits per heavy atom. The molecule has 2 atom stereocenters. The second-order valence-electron chi connectivity index (χ2n) is 7.87. The van der Waals surface area contributed by atoms with E-state index in [1.807, 2.05) is 0 Å². The van der Waals surface area contributed by atoms with Gasteiger partial charge in [0.15, 0.2) is 6.67 Å². The fraction of sp³-hybridized carbons (Fsp3) is 0.579. The molecule has 3 fully saturated rings. The third-order valence-corrected chi connectivity index (χ3v) is 8.11. The number of benzene rings is 1. The SMILES string of the molecule is O=C1[C@@H]2CCCC[C@H]2C(=O)N1C[NH+]1CCN(S(=O)(=O)c2ccc(F)cc2)CC1. The van der Waals surface area contributed by atoms with Crippen LogP contribution >= 0.6 is 0 Å². The van der Waals surface area contributed by atoms with Gasteiger partial charge in [-0.15, -0.1) is 0 Å². The molecular formula is C19H25FN3O4S+. The van der Waals surface area contributed by atoms with Crippen LogP contribution in [0.2, 0.25) is 0 Å². The maximum Gasteiger partial charge on any atom is 0.243 e. The molecule has 1 N–H and O–H groups in total. The van der Waals surface area contributed by atoms with Gasteiger partial charge in [-0.3, -0.25) is 9.59 Å². The molecule has 28 heavy (non-hydrogen) atoms. The van der Waals surface area contributed by atoms with Crippen molar-refractivity contribution in [2.75, 3.05) is 32.8 Å². The van der Waals surface area contributed by atoms with Crippen molar-refractivity contribution < 1.29 is 27.3 Å². The molecule has 7 nitrogen and oxygen atoms in total. The second kappa shape index (κ2) is 7.53. The van der Waals surface area contributed by atoms with Crippen molar-refractivity contribution >= 4 is 21.8 Å². The number of hydrogen-bond acceptors (Lipinski definition) is 4. The molecule has 2 aliphatic heterocycles. The fourth-order valence-corrected chi connectivity index (χ4v) is 6.01. The Morgan fingerprint density at radius 1 is 0.964 bits per heavy atom. The Kier molecular flexibility index (Phi) is 5.24. The topological polar surface area (TPSA) is 79.2 Å². The van der Waals surface area contributed by atoms with Crippen molar-refractivity contribution in [2.24, 2.45) is 11.8 Å². The molecule has 0 aromatic heterocycles. The quantitative estimate of drug-likeness (QED) is 0.700. The number of sulfonamides is 1. The smallest absolute Gasteiger partial charge is 0.243 e. The number of imide groups is 1. The number of nitrogens with one attached hydrogen (secondary N) is 1. The van der Waals surface area contributed by atoms with Crippen LogP contribution in [0.5, 0.6) is 0 Å². The Balaban J connectivity index is 1.37. The fourth-order valence-electron chi connectivity index (χ4n) is 4.57. The first-order valence-corrected chi connectivity index (χ1v) is 11.3. The van der Waals surface area contributed by atoms with Gasteiger partial charge in [-0.1, -0.05) is 12.8 Å². The molecule has 2 heterocycles. The highest BCUT2D eigenvalue weighted by molar-refractivity contribution is 7.89. The number of piperazine rings is 1. The molecule has 1 aliphatic carbocycles. The monoisotopic (exact) mass is 410 g/mol. The van der Waals surface area contributed by atoms with Gasteiger partial charge in [0.05, 0.1) is 42.9 Å². The molecule has 2 amide bonds. The van der Waals surface area contributed by atoms with Crippen molar-refractivity contribution in [3.8, 4) is 0 Å². The Hall–Kier alpha value is -1.84. The predicted octanol–water partition coefficient (Wildman–Crippen LogP) is -0.152. The standard InChI is InChI=1S/C19H24FN3O4S/c20-14-5-7-15(8-6-14)28(26,27)22-11-9-21(10-12-22)13-23-18(24)16-3-1-2-4-17(16)19(23)25/h5-8,16-17H,1-4,9-13H2/p+1/t16-,17-/m1/s1. The highest BCUT2D eigenvalue weighted by Crippen LogP contribution is 2.37. The summed E-state index contributed by atoms with van der Waals surface area (Å²) in [5, 5.41) is 0. The molecule has 3 aliphatic rings. The van der Waals surface area contributed by atoms with Gasteiger partial charge in [-0.25, -0.2) is 17.7 Å². The van der Waals surface area contributed by atoms with E-state index in [0.29, 0.717) is 32.8 Å². The molecule has 2 saturated heterocycles. The lowest BCUT2D eigenvalue weighted by Gasteiger charge is -2.33. The van der Waals surface area contributed by atoms with E-state index in [2.05, 4.69) is 0 Å². The largest absolute Gasteiger partial charge is 0.315 e. The number of quaternary nitrogens is 1. The Morgan fingerprint density at radius 2 is 1.50 bits per heavy atom. The normalized spacial score (nSPS) is 27.2. The minimum Gasteiger partial charge on any atom is -0.315 e. The van der Waals surface area contributed by atoms with E-state index in [-0.39, 0.29) is 28.5 Å². The summed E-state index contributed by atoms with van der Waals surface area (Å²) in [7, 11) is -3.66. The van der Waals surface area contributed by atoms with Gasteiger partial charge in [0, 0.05) is 0 Å². The van der Waals surface area contributed by atoms with Crippen molar-refractivity contribution in [2.45, 2.75) is 30.6 Å². The Bertz CT molecular complexity index is 842. The number of hydrogen-bond donors (Lipinski definition) is 1. The third-order valence-electron chi connectivity index (χ3n) is 6.20. The summed E-state index contributed by atoms with van der Waals surface area (Å²) in [5.41, 5.74) is 0. The van der Waals surface area contributed by atoms with Gasteiger partial charge < -0.3 is 4.90 Å². The molecule has 0 radical (unpaired) electrons. The summed E-state index contributed by atoms with van der Waals surface area (Å²) in [6.45, 7) is 1.96. The first-order chi connectivity index (χ1) is 13.4. The first-order valence-electron chi connectivity index (χ1n) is 9.82. The molecule has 0 unspecified atom stereocenters. The molecule has 0 bridgehead atoms. The van der Waals surface area contributed by atoms with Crippen molar-refractivity contribution in [3.63, 3.8) is 0 Å². The highest BCUT2D eigenvalue weighted by Gasteiger charge is 2.49. The number of likely N-dealkylation sites (tertiary alicyclic amines) is 1. The average molecular weight is 410 g/mol. The van der Waals surface area contributed by atoms with E-state index in [1.54, 1.807) is 0 Å². The molecule has 9 heteroatoms. The summed E-state index contributed by atoms with van der Waals surface area (Å²) in [6, 6.07) is 4.82. The van der Waals surface area contributed by atoms with Gasteiger partial charge in [0.1, 0.15) is 5.82 Å². The number of amides is 2. The lowest BCUT2D eigenvalue weighted by Crippen LogP contribution is -3.16. The van der Waals surface area contributed by atoms with Gasteiger partial charge in [0.25, 0.3) is 0 Å². The maximum atomic E-state index is 13.1. The molecule has 4 rings (SSSR count). The van der Waals surface area contributed by atoms with Gasteiger partial charge in [0.2, 0.25) is 21.8 Å². The van der Waals surface area contributed by atoms with E-state index in [1.165, 1.54) is 21.3 Å². The summed E-state index contributed by atoms with van der Waals surface area (Å²) >= 11 is 0. The van der Waals surface area contributed by atoms with Crippen LogP contribution in [0.25, 0.3) is 0 Å². The van der Waals surface area contributed by atoms with E-state index < -0.39 is 15.8 Å². The molecular weight excluding hydrogens is 385 g/mol. The Labute approximate surface area is 164 Å². The van der Waals surface area contributed by atoms with E-state index in [9.17, 15) is 22.4 Å². The molecule has 152 valence electrons. The van der Waals surface area contributed by atoms with Crippen molar-refractivity contribution in [3.05, 3.63) is 30.1 Å². The summed E-state index contributed by atoms with van der Waals surface area (Å²) in [6.07, 6.45) is 3.59. The molecule has 0 spiro atoms. The minimum atomic E-state index is -3.66. The third kappa shape index (κ3) is 3.46. The van der Waals surface area contributed by atoms with Crippen molar-refractivity contribution in [1.29, 1.82) is 0 Å². The maximum absolute atomic E-state index is 13.1. The van der Waals surface area contributed by atoms with Crippen LogP contribution < -0.4 is 4.90 Å². The summed E-state index contributed by atoms with van der Waals surface area (Å²) in [5.74, 6) is -0.887. The molecule has 1 aromatic carbocycles. The molecule has 1 saturated carbocycles. The number of fused-ring (bicyclic) bond motifs is 1. The van der Waals surface area contributed by atoms with Crippen LogP contribution in [0.15, 0.2) is 29.2 Å². The molecule has 1 aromatic rings. The van der Waals surface area contributed by atoms with Crippen molar-refractivity contribution in [1.82, 2.24) is 9.21 Å². The zero-order valence-electron chi connectivity index (χ0n) is 15.6. The van der Waals surface area contributed by atoms with Crippen LogP contribution in [0.3, 0.4) is 0 Å². The lowest BCUT2D eigenvalue weighted by atomic mass is 9.81. The summed E-state index contributed by atoms with van der Waals surface area (Å²) in [4.78, 5) is 27.7. The number of halogens is 1. The average Bonchev–Trinajstić information content (AvgIpc) is 2.94. The van der Waals surface area contributed by atoms with Crippen LogP contribution in [0.1, 0.15) is 25.7 Å². The number of nitrogens with zero attached hydrogens (tertiary/aromatic N) is 2. The zero-order chi connectivity index (χ0) is 19.9. The first kappa shape index (κ1) is 19.5. The van der Waals surface area contributed by atoms with Gasteiger partial charge >= 0.3 is 0 Å². The number of carbonyl (C=O) groups is 2. The van der Waals surface area contributed by atoms with Crippen LogP contribution in [0.4, 0.5) is 4.39 Å². The van der Waals surface area contributed by atoms with E-state index in [0.717, 1.165) is 42.7 Å². The zero-order valence-corrected chi connectivity index (χ0v) is 16.5. The van der Waals surface area contributed by atoms with Crippen LogP contribution in [-0.2, 0) is 19.6 Å². The van der Waals surface area contributed by atoms with Crippen LogP contribution in [-0.4, -0.2) is 62.3 Å². The van der Waals surface area contributed by atoms with Gasteiger partial charge in [-0.2, -0.15) is 4.31 Å². The predicted molar refractivity (Wildman–Crippen MR) is 98.0 cm³/mol. The van der Waals surface area contributed by atoms with E-state index in [4.69, 9.17) is 0 Å². The number of rotatable bonds is 4. The highest BCUT2D eigenvalue weighted by atomic mass is 32.2. The van der Waals surface area contributed by atoms with Crippen LogP contribution in [0, 0.1) is 17.7 Å². The summed E-state index contributed by atoms with van der Waals surface area (Å²) < 4.78 is 39.9. The van der Waals surface area contributed by atoms with E-state index >= 15 is 0 Å². The van der Waals surface area contributed by atoms with Gasteiger partial charge in [-0.05, 0) is 37.1 Å².